The van der Waals surface area contributed by atoms with Crippen LogP contribution < -0.4 is 10.6 Å². The second kappa shape index (κ2) is 13.0. The zero-order chi connectivity index (χ0) is 34.1. The van der Waals surface area contributed by atoms with E-state index in [0.29, 0.717) is 5.70 Å². The van der Waals surface area contributed by atoms with E-state index >= 15 is 0 Å². The minimum atomic E-state index is 0.494. The van der Waals surface area contributed by atoms with Crippen LogP contribution in [0.3, 0.4) is 0 Å². The summed E-state index contributed by atoms with van der Waals surface area (Å²) in [6.45, 7) is 1.67. The molecule has 5 heteroatoms. The Labute approximate surface area is 297 Å². The van der Waals surface area contributed by atoms with Gasteiger partial charge in [0.15, 0.2) is 0 Å². The summed E-state index contributed by atoms with van der Waals surface area (Å²) in [5.41, 5.74) is 19.0. The summed E-state index contributed by atoms with van der Waals surface area (Å²) in [6, 6.07) is 39.1. The van der Waals surface area contributed by atoms with Crippen molar-refractivity contribution in [2.75, 3.05) is 13.1 Å². The monoisotopic (exact) mass is 658 g/mol. The van der Waals surface area contributed by atoms with Crippen molar-refractivity contribution in [1.82, 2.24) is 20.2 Å². The average molecular weight is 659 g/mol. The first-order valence-electron chi connectivity index (χ1n) is 17.5. The molecule has 0 atom stereocenters. The van der Waals surface area contributed by atoms with E-state index in [4.69, 9.17) is 10.7 Å². The van der Waals surface area contributed by atoms with Crippen molar-refractivity contribution in [3.05, 3.63) is 187 Å². The lowest BCUT2D eigenvalue weighted by molar-refractivity contribution is 0.949. The fraction of sp³-hybridized carbons (Fsp3) is 0.0652. The minimum Gasteiger partial charge on any atom is -0.698 e. The van der Waals surface area contributed by atoms with Gasteiger partial charge in [-0.2, -0.15) is 0 Å². The molecule has 0 saturated carbocycles. The molecule has 5 aromatic carbocycles. The lowest BCUT2D eigenvalue weighted by atomic mass is 10.0. The van der Waals surface area contributed by atoms with E-state index in [0.717, 1.165) is 75.1 Å². The molecule has 0 radical (unpaired) electrons. The summed E-state index contributed by atoms with van der Waals surface area (Å²) >= 11 is 0. The van der Waals surface area contributed by atoms with Gasteiger partial charge in [0.2, 0.25) is 0 Å². The molecule has 5 nitrogen and oxygen atoms in total. The Balaban J connectivity index is 1.18. The molecule has 7 aromatic rings. The Morgan fingerprint density at radius 3 is 2.37 bits per heavy atom. The molecule has 0 bridgehead atoms. The molecule has 0 fully saturated rings. The van der Waals surface area contributed by atoms with Gasteiger partial charge in [0.25, 0.3) is 0 Å². The van der Waals surface area contributed by atoms with E-state index < -0.39 is 0 Å². The first kappa shape index (κ1) is 30.5. The minimum absolute atomic E-state index is 0.494. The number of nitrogens with one attached hydrogen (secondary N) is 3. The zero-order valence-electron chi connectivity index (χ0n) is 28.1. The smallest absolute Gasteiger partial charge is 0.0710 e. The number of nitrogens with zero attached hydrogens (tertiary/aromatic N) is 2. The van der Waals surface area contributed by atoms with Crippen molar-refractivity contribution < 1.29 is 0 Å². The van der Waals surface area contributed by atoms with Crippen LogP contribution in [0, 0.1) is 0 Å². The van der Waals surface area contributed by atoms with Crippen molar-refractivity contribution >= 4 is 54.6 Å². The first-order chi connectivity index (χ1) is 25.2. The molecule has 0 spiro atoms. The van der Waals surface area contributed by atoms with Crippen LogP contribution in [0.2, 0.25) is 0 Å². The van der Waals surface area contributed by atoms with Gasteiger partial charge in [0.05, 0.1) is 22.4 Å². The molecule has 2 aliphatic rings. The Morgan fingerprint density at radius 1 is 0.706 bits per heavy atom. The largest absolute Gasteiger partial charge is 0.698 e. The third-order valence-corrected chi connectivity index (χ3v) is 9.86. The topological polar surface area (TPSA) is 65.7 Å². The summed E-state index contributed by atoms with van der Waals surface area (Å²) in [4.78, 5) is 5.10. The van der Waals surface area contributed by atoms with E-state index in [1.165, 1.54) is 27.1 Å². The van der Waals surface area contributed by atoms with E-state index in [-0.39, 0.29) is 0 Å². The number of rotatable bonds is 7. The summed E-state index contributed by atoms with van der Waals surface area (Å²) in [6.07, 6.45) is 19.4. The number of hydrogen-bond donors (Lipinski definition) is 2. The van der Waals surface area contributed by atoms with Gasteiger partial charge in [-0.3, -0.25) is 0 Å². The quantitative estimate of drug-likeness (QED) is 0.168. The van der Waals surface area contributed by atoms with Crippen molar-refractivity contribution in [3.8, 4) is 16.9 Å². The van der Waals surface area contributed by atoms with Crippen LogP contribution in [-0.2, 0) is 0 Å². The normalized spacial score (nSPS) is 14.7. The molecule has 2 aliphatic heterocycles. The molecule has 0 unspecified atom stereocenters. The predicted molar refractivity (Wildman–Crippen MR) is 215 cm³/mol. The number of pyridine rings is 1. The molecule has 4 heterocycles. The first-order valence-corrected chi connectivity index (χ1v) is 17.5. The van der Waals surface area contributed by atoms with Gasteiger partial charge in [-0.05, 0) is 100 Å². The highest BCUT2D eigenvalue weighted by atomic mass is 15.0. The highest BCUT2D eigenvalue weighted by Gasteiger charge is 2.17. The zero-order valence-corrected chi connectivity index (χ0v) is 28.1. The summed E-state index contributed by atoms with van der Waals surface area (Å²) in [7, 11) is 0. The second-order valence-corrected chi connectivity index (χ2v) is 13.0. The standard InChI is InChI=1S/C46H36N5/c47-42(9-4-1-6-31-20-24-48-25-21-31)36-14-17-39-35(28-36)13-19-41-40-18-15-37(44-11-5-10-43(50-44)33-22-26-49-27-23-33)30-45(40)51(46(39)41)38-16-12-32-7-2-3-8-34(32)29-38/h1-5,7-24,26,28-30,47-49H,6,25,27H2/q-1/b4-1-,42-9-. The van der Waals surface area contributed by atoms with Gasteiger partial charge in [-0.1, -0.05) is 103 Å². The van der Waals surface area contributed by atoms with Crippen LogP contribution in [0.5, 0.6) is 0 Å². The van der Waals surface area contributed by atoms with Crippen molar-refractivity contribution in [2.24, 2.45) is 0 Å². The number of allylic oxidation sites excluding steroid dienone is 7. The molecule has 0 aliphatic carbocycles. The molecule has 3 N–H and O–H groups in total. The predicted octanol–water partition coefficient (Wildman–Crippen LogP) is 11.0. The molecule has 0 saturated heterocycles. The van der Waals surface area contributed by atoms with Crippen molar-refractivity contribution in [3.63, 3.8) is 0 Å². The van der Waals surface area contributed by atoms with Gasteiger partial charge < -0.3 is 20.9 Å². The molecular formula is C46H36N5-. The number of benzene rings is 5. The fourth-order valence-electron chi connectivity index (χ4n) is 7.26. The number of hydrogen-bond acceptors (Lipinski definition) is 3. The van der Waals surface area contributed by atoms with Crippen LogP contribution in [-0.4, -0.2) is 22.6 Å². The third kappa shape index (κ3) is 5.79. The lowest BCUT2D eigenvalue weighted by Gasteiger charge is -2.14. The van der Waals surface area contributed by atoms with Crippen molar-refractivity contribution in [1.29, 1.82) is 0 Å². The number of aromatic nitrogens is 2. The SMILES string of the molecule is [NH-]/C(=C\C=C/CC1=CCNC=C1)c1ccc2c(ccc3c4ccc(-c5cccc(C6=CCNC=C6)n5)cc4n(-c4ccc5ccccc5c4)c23)c1. The highest BCUT2D eigenvalue weighted by Crippen LogP contribution is 2.39. The Bertz CT molecular complexity index is 2680. The summed E-state index contributed by atoms with van der Waals surface area (Å²) < 4.78 is 2.41. The van der Waals surface area contributed by atoms with E-state index in [1.807, 2.05) is 24.6 Å². The van der Waals surface area contributed by atoms with Gasteiger partial charge in [0.1, 0.15) is 0 Å². The van der Waals surface area contributed by atoms with Gasteiger partial charge in [-0.25, -0.2) is 4.98 Å². The third-order valence-electron chi connectivity index (χ3n) is 9.86. The van der Waals surface area contributed by atoms with Gasteiger partial charge in [0, 0.05) is 40.5 Å². The molecule has 246 valence electrons. The molecule has 0 amide bonds. The molecular weight excluding hydrogens is 623 g/mol. The van der Waals surface area contributed by atoms with Gasteiger partial charge >= 0.3 is 0 Å². The maximum absolute atomic E-state index is 8.85. The summed E-state index contributed by atoms with van der Waals surface area (Å²) in [5.74, 6) is 0. The van der Waals surface area contributed by atoms with E-state index in [9.17, 15) is 0 Å². The van der Waals surface area contributed by atoms with Gasteiger partial charge in [-0.15, -0.1) is 5.70 Å². The fourth-order valence-corrected chi connectivity index (χ4v) is 7.26. The Hall–Kier alpha value is -6.59. The van der Waals surface area contributed by atoms with E-state index in [1.54, 1.807) is 0 Å². The van der Waals surface area contributed by atoms with Crippen LogP contribution in [0.1, 0.15) is 17.7 Å². The average Bonchev–Trinajstić information content (AvgIpc) is 3.54. The second-order valence-electron chi connectivity index (χ2n) is 13.0. The maximum Gasteiger partial charge on any atom is 0.0710 e. The molecule has 51 heavy (non-hydrogen) atoms. The lowest BCUT2D eigenvalue weighted by Crippen LogP contribution is -2.08. The number of fused-ring (bicyclic) bond motifs is 6. The highest BCUT2D eigenvalue weighted by molar-refractivity contribution is 6.19. The summed E-state index contributed by atoms with van der Waals surface area (Å²) in [5, 5.41) is 13.5. The van der Waals surface area contributed by atoms with Crippen LogP contribution in [0.15, 0.2) is 170 Å². The maximum atomic E-state index is 8.85. The molecule has 2 aromatic heterocycles. The van der Waals surface area contributed by atoms with Crippen LogP contribution in [0.25, 0.3) is 77.3 Å². The van der Waals surface area contributed by atoms with E-state index in [2.05, 4.69) is 155 Å². The van der Waals surface area contributed by atoms with Crippen LogP contribution >= 0.6 is 0 Å². The Morgan fingerprint density at radius 2 is 1.51 bits per heavy atom. The molecule has 9 rings (SSSR count). The van der Waals surface area contributed by atoms with Crippen LogP contribution in [0.4, 0.5) is 0 Å². The van der Waals surface area contributed by atoms with Crippen molar-refractivity contribution in [2.45, 2.75) is 6.42 Å². The number of dihydropyridines is 2. The Kier molecular flexibility index (Phi) is 7.78.